The number of carbonyl (C=O) groups is 1. The minimum atomic E-state index is -0.0635. The summed E-state index contributed by atoms with van der Waals surface area (Å²) >= 11 is 5.88. The molecule has 0 saturated carbocycles. The molecule has 1 aromatic carbocycles. The lowest BCUT2D eigenvalue weighted by Gasteiger charge is -2.36. The third-order valence-corrected chi connectivity index (χ3v) is 4.31. The highest BCUT2D eigenvalue weighted by molar-refractivity contribution is 6.30. The molecule has 2 N–H and O–H groups in total. The van der Waals surface area contributed by atoms with Crippen molar-refractivity contribution < 1.29 is 9.90 Å². The number of halogens is 1. The molecule has 0 radical (unpaired) electrons. The van der Waals surface area contributed by atoms with E-state index in [0.29, 0.717) is 11.4 Å². The Morgan fingerprint density at radius 1 is 1.43 bits per heavy atom. The molecule has 2 amide bonds. The molecule has 5 heteroatoms. The fourth-order valence-electron chi connectivity index (χ4n) is 2.82. The number of aliphatic hydroxyl groups is 1. The van der Waals surface area contributed by atoms with Crippen LogP contribution in [0.1, 0.15) is 44.2 Å². The van der Waals surface area contributed by atoms with Crippen LogP contribution in [0.5, 0.6) is 0 Å². The van der Waals surface area contributed by atoms with Gasteiger partial charge in [-0.25, -0.2) is 4.79 Å². The van der Waals surface area contributed by atoms with E-state index < -0.39 is 0 Å². The van der Waals surface area contributed by atoms with Gasteiger partial charge in [-0.15, -0.1) is 0 Å². The van der Waals surface area contributed by atoms with Crippen molar-refractivity contribution in [2.75, 3.05) is 13.2 Å². The third-order valence-electron chi connectivity index (χ3n) is 4.06. The highest BCUT2D eigenvalue weighted by Crippen LogP contribution is 2.21. The van der Waals surface area contributed by atoms with E-state index in [0.717, 1.165) is 31.4 Å². The number of nitrogens with one attached hydrogen (secondary N) is 1. The van der Waals surface area contributed by atoms with Crippen LogP contribution in [0.25, 0.3) is 0 Å². The Morgan fingerprint density at radius 3 is 2.81 bits per heavy atom. The summed E-state index contributed by atoms with van der Waals surface area (Å²) in [7, 11) is 0. The third kappa shape index (κ3) is 4.35. The van der Waals surface area contributed by atoms with Gasteiger partial charge >= 0.3 is 6.03 Å². The van der Waals surface area contributed by atoms with Crippen molar-refractivity contribution >= 4 is 17.6 Å². The molecule has 21 heavy (non-hydrogen) atoms. The summed E-state index contributed by atoms with van der Waals surface area (Å²) in [6, 6.07) is 7.55. The van der Waals surface area contributed by atoms with E-state index in [1.165, 1.54) is 0 Å². The van der Waals surface area contributed by atoms with E-state index >= 15 is 0 Å². The van der Waals surface area contributed by atoms with Crippen LogP contribution in [0.4, 0.5) is 4.79 Å². The molecular weight excluding hydrogens is 288 g/mol. The summed E-state index contributed by atoms with van der Waals surface area (Å²) in [5.41, 5.74) is 1.03. The van der Waals surface area contributed by atoms with E-state index in [4.69, 9.17) is 16.7 Å². The predicted molar refractivity (Wildman–Crippen MR) is 84.4 cm³/mol. The maximum atomic E-state index is 12.4. The van der Waals surface area contributed by atoms with E-state index in [1.54, 1.807) is 0 Å². The Morgan fingerprint density at radius 2 is 2.14 bits per heavy atom. The molecule has 1 heterocycles. The number of nitrogens with zero attached hydrogens (tertiary/aromatic N) is 1. The van der Waals surface area contributed by atoms with E-state index in [1.807, 2.05) is 36.1 Å². The smallest absolute Gasteiger partial charge is 0.318 e. The lowest BCUT2D eigenvalue weighted by molar-refractivity contribution is 0.130. The largest absolute Gasteiger partial charge is 0.396 e. The van der Waals surface area contributed by atoms with Crippen molar-refractivity contribution in [3.8, 4) is 0 Å². The number of urea groups is 1. The molecule has 2 rings (SSSR count). The molecule has 4 nitrogen and oxygen atoms in total. The second-order valence-electron chi connectivity index (χ2n) is 5.58. The molecule has 0 spiro atoms. The Kier molecular flexibility index (Phi) is 5.88. The summed E-state index contributed by atoms with van der Waals surface area (Å²) in [5, 5.41) is 12.9. The molecule has 0 aliphatic carbocycles. The van der Waals surface area contributed by atoms with E-state index in [-0.39, 0.29) is 24.7 Å². The van der Waals surface area contributed by atoms with Gasteiger partial charge in [-0.2, -0.15) is 0 Å². The van der Waals surface area contributed by atoms with Crippen molar-refractivity contribution in [2.45, 2.75) is 44.7 Å². The number of amides is 2. The normalized spacial score (nSPS) is 20.1. The average Bonchev–Trinajstić information content (AvgIpc) is 2.48. The monoisotopic (exact) mass is 310 g/mol. The average molecular weight is 311 g/mol. The second-order valence-corrected chi connectivity index (χ2v) is 6.01. The van der Waals surface area contributed by atoms with Crippen molar-refractivity contribution in [1.82, 2.24) is 10.2 Å². The van der Waals surface area contributed by atoms with Gasteiger partial charge in [-0.1, -0.05) is 23.7 Å². The minimum absolute atomic E-state index is 0.0457. The Labute approximate surface area is 131 Å². The number of aliphatic hydroxyl groups excluding tert-OH is 1. The number of benzene rings is 1. The standard InChI is InChI=1S/C16H23ClN2O2/c1-12(13-5-7-14(17)8-6-13)18-16(21)19-10-3-2-4-15(19)9-11-20/h5-8,12,15,20H,2-4,9-11H2,1H3,(H,18,21). The van der Waals surface area contributed by atoms with Crippen LogP contribution >= 0.6 is 11.6 Å². The number of hydrogen-bond donors (Lipinski definition) is 2. The first-order chi connectivity index (χ1) is 10.1. The molecule has 2 atom stereocenters. The number of piperidine rings is 1. The van der Waals surface area contributed by atoms with Gasteiger partial charge in [0.15, 0.2) is 0 Å². The van der Waals surface area contributed by atoms with Crippen LogP contribution < -0.4 is 5.32 Å². The van der Waals surface area contributed by atoms with Gasteiger partial charge in [0.25, 0.3) is 0 Å². The molecule has 116 valence electrons. The lowest BCUT2D eigenvalue weighted by atomic mass is 10.00. The number of likely N-dealkylation sites (tertiary alicyclic amines) is 1. The van der Waals surface area contributed by atoms with Crippen molar-refractivity contribution in [3.63, 3.8) is 0 Å². The maximum Gasteiger partial charge on any atom is 0.318 e. The van der Waals surface area contributed by atoms with Crippen molar-refractivity contribution in [3.05, 3.63) is 34.9 Å². The highest BCUT2D eigenvalue weighted by atomic mass is 35.5. The molecule has 0 bridgehead atoms. The van der Waals surface area contributed by atoms with Gasteiger partial charge in [0.1, 0.15) is 0 Å². The zero-order valence-corrected chi connectivity index (χ0v) is 13.1. The number of hydrogen-bond acceptors (Lipinski definition) is 2. The Balaban J connectivity index is 1.97. The van der Waals surface area contributed by atoms with Crippen LogP contribution in [0.15, 0.2) is 24.3 Å². The van der Waals surface area contributed by atoms with Gasteiger partial charge in [-0.05, 0) is 50.3 Å². The van der Waals surface area contributed by atoms with Gasteiger partial charge < -0.3 is 15.3 Å². The first-order valence-corrected chi connectivity index (χ1v) is 7.93. The van der Waals surface area contributed by atoms with Crippen LogP contribution in [0.3, 0.4) is 0 Å². The molecule has 1 saturated heterocycles. The van der Waals surface area contributed by atoms with Gasteiger partial charge in [0, 0.05) is 24.2 Å². The molecule has 1 aliphatic heterocycles. The first kappa shape index (κ1) is 16.1. The molecular formula is C16H23ClN2O2. The molecule has 1 aromatic rings. The second kappa shape index (κ2) is 7.66. The first-order valence-electron chi connectivity index (χ1n) is 7.55. The Bertz CT molecular complexity index is 462. The fraction of sp³-hybridized carbons (Fsp3) is 0.562. The van der Waals surface area contributed by atoms with Crippen molar-refractivity contribution in [1.29, 1.82) is 0 Å². The van der Waals surface area contributed by atoms with Gasteiger partial charge in [-0.3, -0.25) is 0 Å². The summed E-state index contributed by atoms with van der Waals surface area (Å²) in [4.78, 5) is 14.3. The van der Waals surface area contributed by atoms with Crippen LogP contribution in [0, 0.1) is 0 Å². The quantitative estimate of drug-likeness (QED) is 0.896. The van der Waals surface area contributed by atoms with Crippen molar-refractivity contribution in [2.24, 2.45) is 0 Å². The number of carbonyl (C=O) groups excluding carboxylic acids is 1. The predicted octanol–water partition coefficient (Wildman–Crippen LogP) is 3.35. The zero-order valence-electron chi connectivity index (χ0n) is 12.4. The van der Waals surface area contributed by atoms with Crippen LogP contribution in [-0.4, -0.2) is 35.2 Å². The summed E-state index contributed by atoms with van der Waals surface area (Å²) in [6.07, 6.45) is 3.79. The summed E-state index contributed by atoms with van der Waals surface area (Å²) in [6.45, 7) is 2.86. The Hall–Kier alpha value is -1.26. The molecule has 1 aliphatic rings. The van der Waals surface area contributed by atoms with Crippen LogP contribution in [0.2, 0.25) is 5.02 Å². The fourth-order valence-corrected chi connectivity index (χ4v) is 2.95. The molecule has 1 fully saturated rings. The lowest BCUT2D eigenvalue weighted by Crippen LogP contribution is -2.49. The number of rotatable bonds is 4. The van der Waals surface area contributed by atoms with E-state index in [9.17, 15) is 4.79 Å². The van der Waals surface area contributed by atoms with Gasteiger partial charge in [0.05, 0.1) is 6.04 Å². The van der Waals surface area contributed by atoms with Crippen LogP contribution in [-0.2, 0) is 0 Å². The molecule has 0 aromatic heterocycles. The SMILES string of the molecule is CC(NC(=O)N1CCCCC1CCO)c1ccc(Cl)cc1. The van der Waals surface area contributed by atoms with E-state index in [2.05, 4.69) is 5.32 Å². The molecule has 2 unspecified atom stereocenters. The summed E-state index contributed by atoms with van der Waals surface area (Å²) < 4.78 is 0. The zero-order chi connectivity index (χ0) is 15.2. The minimum Gasteiger partial charge on any atom is -0.396 e. The van der Waals surface area contributed by atoms with Gasteiger partial charge in [0.2, 0.25) is 0 Å². The topological polar surface area (TPSA) is 52.6 Å². The highest BCUT2D eigenvalue weighted by Gasteiger charge is 2.27. The summed E-state index contributed by atoms with van der Waals surface area (Å²) in [5.74, 6) is 0. The maximum absolute atomic E-state index is 12.4.